The van der Waals surface area contributed by atoms with Gasteiger partial charge in [0.25, 0.3) is 5.71 Å². The molecule has 2 rings (SSSR count). The lowest BCUT2D eigenvalue weighted by molar-refractivity contribution is 0.0698. The SMILES string of the molecule is CCc1noc2nc(Br)cc(C(=O)O)c12. The van der Waals surface area contributed by atoms with Crippen LogP contribution in [0.4, 0.5) is 0 Å². The van der Waals surface area contributed by atoms with Gasteiger partial charge in [-0.2, -0.15) is 0 Å². The summed E-state index contributed by atoms with van der Waals surface area (Å²) in [5.41, 5.74) is 1.02. The number of hydrogen-bond acceptors (Lipinski definition) is 4. The Morgan fingerprint density at radius 3 is 3.00 bits per heavy atom. The van der Waals surface area contributed by atoms with Crippen molar-refractivity contribution in [3.05, 3.63) is 21.9 Å². The zero-order chi connectivity index (χ0) is 11.0. The number of pyridine rings is 1. The Balaban J connectivity index is 2.85. The lowest BCUT2D eigenvalue weighted by Gasteiger charge is -1.97. The molecule has 15 heavy (non-hydrogen) atoms. The molecule has 0 unspecified atom stereocenters. The van der Waals surface area contributed by atoms with Gasteiger partial charge in [0.2, 0.25) is 0 Å². The molecule has 0 spiro atoms. The molecule has 0 radical (unpaired) electrons. The summed E-state index contributed by atoms with van der Waals surface area (Å²) in [6, 6.07) is 1.45. The Labute approximate surface area is 93.2 Å². The summed E-state index contributed by atoms with van der Waals surface area (Å²) in [6.45, 7) is 1.88. The van der Waals surface area contributed by atoms with Gasteiger partial charge in [-0.3, -0.25) is 0 Å². The van der Waals surface area contributed by atoms with E-state index in [0.29, 0.717) is 22.1 Å². The number of aryl methyl sites for hydroxylation is 1. The summed E-state index contributed by atoms with van der Waals surface area (Å²) in [7, 11) is 0. The highest BCUT2D eigenvalue weighted by atomic mass is 79.9. The van der Waals surface area contributed by atoms with Crippen LogP contribution in [0.15, 0.2) is 15.2 Å². The van der Waals surface area contributed by atoms with Crippen LogP contribution in [0.3, 0.4) is 0 Å². The molecule has 0 saturated carbocycles. The second-order valence-electron chi connectivity index (χ2n) is 2.96. The summed E-state index contributed by atoms with van der Waals surface area (Å²) in [6.07, 6.45) is 0.608. The van der Waals surface area contributed by atoms with Gasteiger partial charge >= 0.3 is 5.97 Å². The van der Waals surface area contributed by atoms with Crippen molar-refractivity contribution in [1.29, 1.82) is 0 Å². The molecular formula is C9H7BrN2O3. The normalized spacial score (nSPS) is 10.8. The molecule has 0 aliphatic rings. The van der Waals surface area contributed by atoms with Gasteiger partial charge in [-0.1, -0.05) is 12.1 Å². The first-order chi connectivity index (χ1) is 7.13. The van der Waals surface area contributed by atoms with E-state index in [1.807, 2.05) is 6.92 Å². The van der Waals surface area contributed by atoms with Crippen molar-refractivity contribution in [1.82, 2.24) is 10.1 Å². The van der Waals surface area contributed by atoms with Crippen LogP contribution in [0, 0.1) is 0 Å². The van der Waals surface area contributed by atoms with E-state index in [1.165, 1.54) is 6.07 Å². The highest BCUT2D eigenvalue weighted by Crippen LogP contribution is 2.24. The third-order valence-corrected chi connectivity index (χ3v) is 2.46. The average Bonchev–Trinajstić information content (AvgIpc) is 2.58. The minimum Gasteiger partial charge on any atom is -0.478 e. The first kappa shape index (κ1) is 10.1. The van der Waals surface area contributed by atoms with Crippen molar-refractivity contribution in [2.24, 2.45) is 0 Å². The van der Waals surface area contributed by atoms with Crippen molar-refractivity contribution in [2.75, 3.05) is 0 Å². The molecule has 2 heterocycles. The summed E-state index contributed by atoms with van der Waals surface area (Å²) >= 11 is 3.12. The number of carbonyl (C=O) groups is 1. The first-order valence-electron chi connectivity index (χ1n) is 4.31. The number of rotatable bonds is 2. The van der Waals surface area contributed by atoms with Crippen molar-refractivity contribution in [3.63, 3.8) is 0 Å². The minimum atomic E-state index is -1.01. The predicted octanol–water partition coefficient (Wildman–Crippen LogP) is 2.25. The Kier molecular flexibility index (Phi) is 2.44. The van der Waals surface area contributed by atoms with Gasteiger partial charge in [0.05, 0.1) is 16.6 Å². The molecule has 0 aromatic carbocycles. The van der Waals surface area contributed by atoms with Crippen molar-refractivity contribution in [3.8, 4) is 0 Å². The number of hydrogen-bond donors (Lipinski definition) is 1. The molecular weight excluding hydrogens is 264 g/mol. The number of aromatic nitrogens is 2. The maximum absolute atomic E-state index is 11.0. The molecule has 0 aliphatic heterocycles. The van der Waals surface area contributed by atoms with Crippen LogP contribution in [0.5, 0.6) is 0 Å². The molecule has 6 heteroatoms. The van der Waals surface area contributed by atoms with E-state index in [-0.39, 0.29) is 11.3 Å². The van der Waals surface area contributed by atoms with Crippen LogP contribution < -0.4 is 0 Å². The van der Waals surface area contributed by atoms with Crippen LogP contribution >= 0.6 is 15.9 Å². The van der Waals surface area contributed by atoms with Crippen molar-refractivity contribution < 1.29 is 14.4 Å². The summed E-state index contributed by atoms with van der Waals surface area (Å²) in [4.78, 5) is 15.0. The Morgan fingerprint density at radius 2 is 2.40 bits per heavy atom. The van der Waals surface area contributed by atoms with Crippen LogP contribution in [-0.2, 0) is 6.42 Å². The summed E-state index contributed by atoms with van der Waals surface area (Å²) in [5.74, 6) is -1.01. The van der Waals surface area contributed by atoms with E-state index in [1.54, 1.807) is 0 Å². The third kappa shape index (κ3) is 1.61. The van der Waals surface area contributed by atoms with E-state index < -0.39 is 5.97 Å². The molecule has 2 aromatic heterocycles. The smallest absolute Gasteiger partial charge is 0.336 e. The summed E-state index contributed by atoms with van der Waals surface area (Å²) < 4.78 is 5.38. The average molecular weight is 271 g/mol. The summed E-state index contributed by atoms with van der Waals surface area (Å²) in [5, 5.41) is 13.3. The van der Waals surface area contributed by atoms with Gasteiger partial charge in [-0.05, 0) is 28.4 Å². The number of nitrogens with zero attached hydrogens (tertiary/aromatic N) is 2. The van der Waals surface area contributed by atoms with Gasteiger partial charge in [-0.25, -0.2) is 9.78 Å². The first-order valence-corrected chi connectivity index (χ1v) is 5.11. The fourth-order valence-corrected chi connectivity index (χ4v) is 1.78. The predicted molar refractivity (Wildman–Crippen MR) is 55.8 cm³/mol. The third-order valence-electron chi connectivity index (χ3n) is 2.05. The number of halogens is 1. The quantitative estimate of drug-likeness (QED) is 0.847. The van der Waals surface area contributed by atoms with Gasteiger partial charge in [0.15, 0.2) is 0 Å². The van der Waals surface area contributed by atoms with Gasteiger partial charge in [0, 0.05) is 0 Å². The van der Waals surface area contributed by atoms with Gasteiger partial charge < -0.3 is 9.63 Å². The topological polar surface area (TPSA) is 76.2 Å². The lowest BCUT2D eigenvalue weighted by Crippen LogP contribution is -1.99. The molecule has 0 bridgehead atoms. The van der Waals surface area contributed by atoms with Gasteiger partial charge in [-0.15, -0.1) is 0 Å². The minimum absolute atomic E-state index is 0.157. The van der Waals surface area contributed by atoms with Crippen LogP contribution in [-0.4, -0.2) is 21.2 Å². The number of aromatic carboxylic acids is 1. The van der Waals surface area contributed by atoms with Crippen molar-refractivity contribution in [2.45, 2.75) is 13.3 Å². The Hall–Kier alpha value is -1.43. The second-order valence-corrected chi connectivity index (χ2v) is 3.77. The van der Waals surface area contributed by atoms with Crippen LogP contribution in [0.1, 0.15) is 23.0 Å². The van der Waals surface area contributed by atoms with E-state index in [9.17, 15) is 4.79 Å². The zero-order valence-electron chi connectivity index (χ0n) is 7.82. The second kappa shape index (κ2) is 3.62. The molecule has 5 nitrogen and oxygen atoms in total. The molecule has 0 atom stereocenters. The van der Waals surface area contributed by atoms with E-state index in [2.05, 4.69) is 26.1 Å². The van der Waals surface area contributed by atoms with Gasteiger partial charge in [0.1, 0.15) is 4.60 Å². The fraction of sp³-hybridized carbons (Fsp3) is 0.222. The highest BCUT2D eigenvalue weighted by molar-refractivity contribution is 9.10. The number of carboxylic acids is 1. The Bertz CT molecular complexity index is 535. The standard InChI is InChI=1S/C9H7BrN2O3/c1-2-5-7-4(9(13)14)3-6(10)11-8(7)15-12-5/h3H,2H2,1H3,(H,13,14). The molecule has 2 aromatic rings. The van der Waals surface area contributed by atoms with Crippen LogP contribution in [0.2, 0.25) is 0 Å². The zero-order valence-corrected chi connectivity index (χ0v) is 9.41. The molecule has 78 valence electrons. The number of fused-ring (bicyclic) bond motifs is 1. The number of carboxylic acid groups (broad SMARTS) is 1. The van der Waals surface area contributed by atoms with Crippen LogP contribution in [0.25, 0.3) is 11.1 Å². The molecule has 0 saturated heterocycles. The van der Waals surface area contributed by atoms with E-state index in [4.69, 9.17) is 9.63 Å². The maximum atomic E-state index is 11.0. The highest BCUT2D eigenvalue weighted by Gasteiger charge is 2.18. The molecule has 0 aliphatic carbocycles. The van der Waals surface area contributed by atoms with Crippen molar-refractivity contribution >= 4 is 33.0 Å². The lowest BCUT2D eigenvalue weighted by atomic mass is 10.1. The maximum Gasteiger partial charge on any atom is 0.336 e. The molecule has 0 amide bonds. The fourth-order valence-electron chi connectivity index (χ4n) is 1.39. The van der Waals surface area contributed by atoms with E-state index in [0.717, 1.165) is 0 Å². The monoisotopic (exact) mass is 270 g/mol. The largest absolute Gasteiger partial charge is 0.478 e. The molecule has 1 N–H and O–H groups in total. The van der Waals surface area contributed by atoms with E-state index >= 15 is 0 Å². The Morgan fingerprint density at radius 1 is 1.67 bits per heavy atom. The molecule has 0 fully saturated rings.